The first-order valence-electron chi connectivity index (χ1n) is 12.9. The van der Waals surface area contributed by atoms with E-state index in [1.54, 1.807) is 19.1 Å². The predicted molar refractivity (Wildman–Crippen MR) is 142 cm³/mol. The fourth-order valence-corrected chi connectivity index (χ4v) is 4.92. The lowest BCUT2D eigenvalue weighted by Gasteiger charge is -2.34. The number of hydrogen-bond acceptors (Lipinski definition) is 5. The van der Waals surface area contributed by atoms with Crippen LogP contribution in [0.5, 0.6) is 5.75 Å². The predicted octanol–water partition coefficient (Wildman–Crippen LogP) is 2.80. The molecule has 1 fully saturated rings. The summed E-state index contributed by atoms with van der Waals surface area (Å²) >= 11 is 0. The van der Waals surface area contributed by atoms with Crippen LogP contribution < -0.4 is 10.6 Å². The molecule has 0 saturated carbocycles. The lowest BCUT2D eigenvalue weighted by molar-refractivity contribution is -0.148. The number of nitrogens with zero attached hydrogens (tertiary/aromatic N) is 1. The average molecular weight is 510 g/mol. The molecule has 1 saturated heterocycles. The minimum absolute atomic E-state index is 0.0156. The molecule has 200 valence electrons. The van der Waals surface area contributed by atoms with Crippen LogP contribution in [0.15, 0.2) is 48.5 Å². The lowest BCUT2D eigenvalue weighted by atomic mass is 9.77. The van der Waals surface area contributed by atoms with Crippen molar-refractivity contribution in [3.05, 3.63) is 65.2 Å². The topological polar surface area (TPSA) is 119 Å². The maximum absolute atomic E-state index is 13.7. The van der Waals surface area contributed by atoms with Crippen LogP contribution in [0.2, 0.25) is 0 Å². The number of nitrogens with one attached hydrogen (secondary N) is 2. The van der Waals surface area contributed by atoms with Crippen molar-refractivity contribution in [1.29, 1.82) is 0 Å². The zero-order valence-electron chi connectivity index (χ0n) is 22.3. The number of aromatic hydroxyl groups is 1. The summed E-state index contributed by atoms with van der Waals surface area (Å²) in [6.45, 7) is 10.3. The molecule has 0 unspecified atom stereocenters. The number of phenolic OH excluding ortho intramolecular Hbond substituents is 1. The van der Waals surface area contributed by atoms with Crippen molar-refractivity contribution in [3.63, 3.8) is 0 Å². The summed E-state index contributed by atoms with van der Waals surface area (Å²) in [5.41, 5.74) is 0.997. The molecule has 8 nitrogen and oxygen atoms in total. The Morgan fingerprint density at radius 3 is 2.43 bits per heavy atom. The first-order chi connectivity index (χ1) is 17.5. The van der Waals surface area contributed by atoms with Gasteiger partial charge in [0, 0.05) is 24.2 Å². The number of likely N-dealkylation sites (tertiary alicyclic amines) is 1. The third-order valence-electron chi connectivity index (χ3n) is 7.64. The Morgan fingerprint density at radius 2 is 1.78 bits per heavy atom. The average Bonchev–Trinajstić information content (AvgIpc) is 3.11. The molecule has 1 aliphatic heterocycles. The first-order valence-corrected chi connectivity index (χ1v) is 12.9. The number of hydrogen-bond donors (Lipinski definition) is 4. The molecule has 0 aromatic heterocycles. The van der Waals surface area contributed by atoms with E-state index >= 15 is 0 Å². The molecule has 3 amide bonds. The quantitative estimate of drug-likeness (QED) is 0.415. The van der Waals surface area contributed by atoms with E-state index in [4.69, 9.17) is 0 Å². The van der Waals surface area contributed by atoms with Gasteiger partial charge in [-0.05, 0) is 48.8 Å². The summed E-state index contributed by atoms with van der Waals surface area (Å²) in [5.74, 6) is -1.33. The molecular formula is C29H39N3O5. The van der Waals surface area contributed by atoms with Crippen molar-refractivity contribution < 1.29 is 24.6 Å². The van der Waals surface area contributed by atoms with Gasteiger partial charge >= 0.3 is 0 Å². The molecule has 3 rings (SSSR count). The molecular weight excluding hydrogens is 470 g/mol. The number of rotatable bonds is 9. The molecule has 1 aliphatic rings. The van der Waals surface area contributed by atoms with Gasteiger partial charge in [0.05, 0.1) is 6.04 Å². The van der Waals surface area contributed by atoms with Crippen LogP contribution in [0.1, 0.15) is 55.6 Å². The molecule has 0 radical (unpaired) electrons. The zero-order chi connectivity index (χ0) is 27.3. The normalized spacial score (nSPS) is 20.2. The maximum Gasteiger partial charge on any atom is 0.254 e. The highest BCUT2D eigenvalue weighted by molar-refractivity contribution is 5.97. The SMILES string of the molecule is CCCNC(=O)[C@H]1N(C(=O)[C@@H](O)[C@H](Cc2ccccc2)NC(=O)c2cccc(O)c2C)C[C@@H](C)C1(C)C. The monoisotopic (exact) mass is 509 g/mol. The van der Waals surface area contributed by atoms with Crippen LogP contribution >= 0.6 is 0 Å². The number of carbonyl (C=O) groups excluding carboxylic acids is 3. The van der Waals surface area contributed by atoms with Crippen LogP contribution in [-0.4, -0.2) is 64.1 Å². The van der Waals surface area contributed by atoms with Gasteiger partial charge in [-0.2, -0.15) is 0 Å². The van der Waals surface area contributed by atoms with E-state index in [-0.39, 0.29) is 29.6 Å². The minimum Gasteiger partial charge on any atom is -0.508 e. The van der Waals surface area contributed by atoms with Crippen molar-refractivity contribution >= 4 is 17.7 Å². The molecule has 37 heavy (non-hydrogen) atoms. The van der Waals surface area contributed by atoms with E-state index in [9.17, 15) is 24.6 Å². The second kappa shape index (κ2) is 11.8. The Hall–Kier alpha value is -3.39. The van der Waals surface area contributed by atoms with Crippen molar-refractivity contribution in [3.8, 4) is 5.75 Å². The van der Waals surface area contributed by atoms with E-state index in [0.717, 1.165) is 12.0 Å². The summed E-state index contributed by atoms with van der Waals surface area (Å²) in [6, 6.07) is 12.2. The standard InChI is InChI=1S/C29H39N3O5/c1-6-15-30-27(36)25-29(4,5)18(2)17-32(25)28(37)24(34)22(16-20-11-8-7-9-12-20)31-26(35)21-13-10-14-23(33)19(21)3/h7-14,18,22,24-25,33-34H,6,15-17H2,1-5H3,(H,30,36)(H,31,35)/t18-,22+,24+,25-/m1/s1. The molecule has 2 aromatic rings. The number of aliphatic hydroxyl groups excluding tert-OH is 1. The van der Waals surface area contributed by atoms with Crippen molar-refractivity contribution in [2.75, 3.05) is 13.1 Å². The fraction of sp³-hybridized carbons (Fsp3) is 0.483. The number of phenols is 1. The number of carbonyl (C=O) groups is 3. The Morgan fingerprint density at radius 1 is 1.11 bits per heavy atom. The third-order valence-corrected chi connectivity index (χ3v) is 7.64. The van der Waals surface area contributed by atoms with Crippen LogP contribution in [0.4, 0.5) is 0 Å². The molecule has 0 bridgehead atoms. The van der Waals surface area contributed by atoms with Gasteiger partial charge in [-0.25, -0.2) is 0 Å². The largest absolute Gasteiger partial charge is 0.508 e. The molecule has 2 aromatic carbocycles. The molecule has 1 heterocycles. The second-order valence-electron chi connectivity index (χ2n) is 10.6. The summed E-state index contributed by atoms with van der Waals surface area (Å²) in [7, 11) is 0. The van der Waals surface area contributed by atoms with Gasteiger partial charge < -0.3 is 25.7 Å². The number of aliphatic hydroxyl groups is 1. The van der Waals surface area contributed by atoms with Crippen LogP contribution in [0.3, 0.4) is 0 Å². The first kappa shape index (κ1) is 28.2. The zero-order valence-corrected chi connectivity index (χ0v) is 22.3. The van der Waals surface area contributed by atoms with Gasteiger partial charge in [-0.1, -0.05) is 64.1 Å². The Labute approximate surface area is 219 Å². The second-order valence-corrected chi connectivity index (χ2v) is 10.6. The van der Waals surface area contributed by atoms with Crippen LogP contribution in [0, 0.1) is 18.3 Å². The maximum atomic E-state index is 13.7. The highest BCUT2D eigenvalue weighted by Crippen LogP contribution is 2.41. The summed E-state index contributed by atoms with van der Waals surface area (Å²) < 4.78 is 0. The summed E-state index contributed by atoms with van der Waals surface area (Å²) in [6.07, 6.45) is -0.606. The molecule has 4 atom stereocenters. The number of benzene rings is 2. The van der Waals surface area contributed by atoms with Gasteiger partial charge in [-0.15, -0.1) is 0 Å². The van der Waals surface area contributed by atoms with E-state index in [2.05, 4.69) is 10.6 Å². The van der Waals surface area contributed by atoms with Gasteiger partial charge in [-0.3, -0.25) is 14.4 Å². The van der Waals surface area contributed by atoms with E-state index in [1.807, 2.05) is 58.0 Å². The summed E-state index contributed by atoms with van der Waals surface area (Å²) in [5, 5.41) is 27.1. The minimum atomic E-state index is -1.58. The van der Waals surface area contributed by atoms with E-state index in [1.165, 1.54) is 11.0 Å². The molecule has 0 spiro atoms. The van der Waals surface area contributed by atoms with Gasteiger partial charge in [0.25, 0.3) is 11.8 Å². The van der Waals surface area contributed by atoms with Crippen LogP contribution in [-0.2, 0) is 16.0 Å². The van der Waals surface area contributed by atoms with Crippen molar-refractivity contribution in [2.45, 2.75) is 65.6 Å². The fourth-order valence-electron chi connectivity index (χ4n) is 4.92. The van der Waals surface area contributed by atoms with Crippen molar-refractivity contribution in [1.82, 2.24) is 15.5 Å². The van der Waals surface area contributed by atoms with Gasteiger partial charge in [0.1, 0.15) is 11.8 Å². The molecule has 8 heteroatoms. The number of amides is 3. The van der Waals surface area contributed by atoms with Gasteiger partial charge in [0.2, 0.25) is 5.91 Å². The highest BCUT2D eigenvalue weighted by atomic mass is 16.3. The Bertz CT molecular complexity index is 1120. The van der Waals surface area contributed by atoms with Crippen molar-refractivity contribution in [2.24, 2.45) is 11.3 Å². The van der Waals surface area contributed by atoms with Gasteiger partial charge in [0.15, 0.2) is 6.10 Å². The molecule has 0 aliphatic carbocycles. The third kappa shape index (κ3) is 6.13. The highest BCUT2D eigenvalue weighted by Gasteiger charge is 2.52. The van der Waals surface area contributed by atoms with E-state index < -0.39 is 35.4 Å². The molecule has 4 N–H and O–H groups in total. The van der Waals surface area contributed by atoms with Crippen LogP contribution in [0.25, 0.3) is 0 Å². The Balaban J connectivity index is 1.90. The lowest BCUT2D eigenvalue weighted by Crippen LogP contribution is -2.57. The summed E-state index contributed by atoms with van der Waals surface area (Å²) in [4.78, 5) is 41.5. The van der Waals surface area contributed by atoms with E-state index in [0.29, 0.717) is 18.7 Å². The smallest absolute Gasteiger partial charge is 0.254 e. The Kier molecular flexibility index (Phi) is 8.97.